The number of hydrogen-bond acceptors (Lipinski definition) is 5. The third-order valence-corrected chi connectivity index (χ3v) is 4.46. The molecule has 0 radical (unpaired) electrons. The first-order valence-electron chi connectivity index (χ1n) is 8.19. The Kier molecular flexibility index (Phi) is 4.64. The fraction of sp³-hybridized carbons (Fsp3) is 0.471. The van der Waals surface area contributed by atoms with E-state index in [2.05, 4.69) is 10.6 Å². The molecule has 0 saturated carbocycles. The fourth-order valence-electron chi connectivity index (χ4n) is 3.25. The Morgan fingerprint density at radius 2 is 2.17 bits per heavy atom. The summed E-state index contributed by atoms with van der Waals surface area (Å²) < 4.78 is 0. The zero-order valence-corrected chi connectivity index (χ0v) is 13.7. The van der Waals surface area contributed by atoms with E-state index >= 15 is 0 Å². The van der Waals surface area contributed by atoms with Crippen LogP contribution >= 0.6 is 0 Å². The van der Waals surface area contributed by atoms with Crippen LogP contribution in [-0.2, 0) is 22.7 Å². The Morgan fingerprint density at radius 1 is 1.38 bits per heavy atom. The number of carbonyl (C=O) groups excluding carboxylic acids is 3. The summed E-state index contributed by atoms with van der Waals surface area (Å²) in [7, 11) is 0. The van der Waals surface area contributed by atoms with Crippen LogP contribution in [0.1, 0.15) is 41.3 Å². The molecule has 1 fully saturated rings. The SMILES string of the molecule is CC(N)CNCc1cccc2c1CN(C1CCC(=O)NC1=O)C2=O. The molecule has 1 aromatic carbocycles. The molecule has 1 saturated heterocycles. The number of nitrogens with two attached hydrogens (primary N) is 1. The van der Waals surface area contributed by atoms with Crippen molar-refractivity contribution >= 4 is 17.7 Å². The van der Waals surface area contributed by atoms with Crippen LogP contribution in [0.2, 0.25) is 0 Å². The van der Waals surface area contributed by atoms with Crippen molar-refractivity contribution in [1.82, 2.24) is 15.5 Å². The van der Waals surface area contributed by atoms with Gasteiger partial charge in [0.05, 0.1) is 0 Å². The van der Waals surface area contributed by atoms with Gasteiger partial charge in [-0.25, -0.2) is 0 Å². The first kappa shape index (κ1) is 16.6. The van der Waals surface area contributed by atoms with Crippen molar-refractivity contribution < 1.29 is 14.4 Å². The zero-order valence-electron chi connectivity index (χ0n) is 13.7. The highest BCUT2D eigenvalue weighted by molar-refractivity contribution is 6.05. The maximum absolute atomic E-state index is 12.7. The first-order valence-corrected chi connectivity index (χ1v) is 8.19. The van der Waals surface area contributed by atoms with Gasteiger partial charge in [-0.15, -0.1) is 0 Å². The number of amides is 3. The summed E-state index contributed by atoms with van der Waals surface area (Å²) in [6.45, 7) is 3.64. The van der Waals surface area contributed by atoms with Crippen molar-refractivity contribution in [3.05, 3.63) is 34.9 Å². The Labute approximate surface area is 140 Å². The minimum absolute atomic E-state index is 0.0587. The molecular weight excluding hydrogens is 308 g/mol. The van der Waals surface area contributed by atoms with E-state index in [4.69, 9.17) is 5.73 Å². The Bertz CT molecular complexity index is 686. The van der Waals surface area contributed by atoms with Crippen molar-refractivity contribution in [2.24, 2.45) is 5.73 Å². The van der Waals surface area contributed by atoms with Crippen LogP contribution in [0.5, 0.6) is 0 Å². The van der Waals surface area contributed by atoms with Gasteiger partial charge in [0.1, 0.15) is 6.04 Å². The smallest absolute Gasteiger partial charge is 0.255 e. The van der Waals surface area contributed by atoms with Crippen LogP contribution in [0.25, 0.3) is 0 Å². The van der Waals surface area contributed by atoms with Crippen LogP contribution in [0.15, 0.2) is 18.2 Å². The van der Waals surface area contributed by atoms with Crippen LogP contribution in [0, 0.1) is 0 Å². The summed E-state index contributed by atoms with van der Waals surface area (Å²) in [6, 6.07) is 5.11. The van der Waals surface area contributed by atoms with Crippen molar-refractivity contribution in [3.8, 4) is 0 Å². The highest BCUT2D eigenvalue weighted by Crippen LogP contribution is 2.29. The molecule has 0 aliphatic carbocycles. The monoisotopic (exact) mass is 330 g/mol. The summed E-state index contributed by atoms with van der Waals surface area (Å²) in [5, 5.41) is 5.59. The molecule has 2 aliphatic rings. The third kappa shape index (κ3) is 3.18. The molecule has 128 valence electrons. The van der Waals surface area contributed by atoms with E-state index < -0.39 is 6.04 Å². The molecular formula is C17H22N4O3. The predicted octanol–water partition coefficient (Wildman–Crippen LogP) is -0.116. The van der Waals surface area contributed by atoms with Gasteiger partial charge in [0, 0.05) is 37.7 Å². The number of benzene rings is 1. The second-order valence-corrected chi connectivity index (χ2v) is 6.45. The maximum atomic E-state index is 12.7. The largest absolute Gasteiger partial charge is 0.327 e. The average molecular weight is 330 g/mol. The number of piperidine rings is 1. The average Bonchev–Trinajstić information content (AvgIpc) is 2.85. The van der Waals surface area contributed by atoms with E-state index in [1.165, 1.54) is 0 Å². The van der Waals surface area contributed by atoms with Gasteiger partial charge in [0.25, 0.3) is 5.91 Å². The van der Waals surface area contributed by atoms with E-state index in [0.717, 1.165) is 11.1 Å². The summed E-state index contributed by atoms with van der Waals surface area (Å²) in [5.74, 6) is -0.807. The molecule has 0 bridgehead atoms. The molecule has 3 rings (SSSR count). The zero-order chi connectivity index (χ0) is 17.3. The molecule has 2 atom stereocenters. The maximum Gasteiger partial charge on any atom is 0.255 e. The molecule has 2 unspecified atom stereocenters. The van der Waals surface area contributed by atoms with Crippen LogP contribution in [0.4, 0.5) is 0 Å². The first-order chi connectivity index (χ1) is 11.5. The second-order valence-electron chi connectivity index (χ2n) is 6.45. The lowest BCUT2D eigenvalue weighted by Gasteiger charge is -2.29. The number of hydrogen-bond donors (Lipinski definition) is 3. The Hall–Kier alpha value is -2.25. The fourth-order valence-corrected chi connectivity index (χ4v) is 3.25. The Morgan fingerprint density at radius 3 is 2.88 bits per heavy atom. The highest BCUT2D eigenvalue weighted by Gasteiger charge is 2.39. The molecule has 4 N–H and O–H groups in total. The van der Waals surface area contributed by atoms with Crippen LogP contribution in [-0.4, -0.2) is 41.2 Å². The normalized spacial score (nSPS) is 21.7. The minimum atomic E-state index is -0.576. The predicted molar refractivity (Wildman–Crippen MR) is 87.8 cm³/mol. The lowest BCUT2D eigenvalue weighted by atomic mass is 10.0. The van der Waals surface area contributed by atoms with Crippen LogP contribution < -0.4 is 16.4 Å². The quantitative estimate of drug-likeness (QED) is 0.653. The van der Waals surface area contributed by atoms with Crippen molar-refractivity contribution in [2.75, 3.05) is 6.54 Å². The lowest BCUT2D eigenvalue weighted by Crippen LogP contribution is -2.52. The summed E-state index contributed by atoms with van der Waals surface area (Å²) in [5.41, 5.74) is 8.37. The molecule has 3 amide bonds. The van der Waals surface area contributed by atoms with Gasteiger partial charge >= 0.3 is 0 Å². The molecule has 2 aliphatic heterocycles. The van der Waals surface area contributed by atoms with Gasteiger partial charge in [-0.1, -0.05) is 12.1 Å². The summed E-state index contributed by atoms with van der Waals surface area (Å²) in [6.07, 6.45) is 0.641. The topological polar surface area (TPSA) is 105 Å². The Balaban J connectivity index is 1.77. The van der Waals surface area contributed by atoms with Gasteiger partial charge in [0.15, 0.2) is 0 Å². The van der Waals surface area contributed by atoms with Crippen molar-refractivity contribution in [1.29, 1.82) is 0 Å². The van der Waals surface area contributed by atoms with Crippen molar-refractivity contribution in [3.63, 3.8) is 0 Å². The molecule has 7 heteroatoms. The number of carbonyl (C=O) groups is 3. The van der Waals surface area contributed by atoms with Crippen LogP contribution in [0.3, 0.4) is 0 Å². The van der Waals surface area contributed by atoms with Gasteiger partial charge in [-0.05, 0) is 30.5 Å². The minimum Gasteiger partial charge on any atom is -0.327 e. The molecule has 24 heavy (non-hydrogen) atoms. The molecule has 0 aromatic heterocycles. The summed E-state index contributed by atoms with van der Waals surface area (Å²) >= 11 is 0. The van der Waals surface area contributed by atoms with Crippen molar-refractivity contribution in [2.45, 2.75) is 44.9 Å². The van der Waals surface area contributed by atoms with E-state index in [1.54, 1.807) is 11.0 Å². The number of nitrogens with one attached hydrogen (secondary N) is 2. The van der Waals surface area contributed by atoms with E-state index in [0.29, 0.717) is 31.6 Å². The molecule has 1 aromatic rings. The van der Waals surface area contributed by atoms with Gasteiger partial charge in [-0.2, -0.15) is 0 Å². The highest BCUT2D eigenvalue weighted by atomic mass is 16.2. The van der Waals surface area contributed by atoms with E-state index in [-0.39, 0.29) is 30.2 Å². The van der Waals surface area contributed by atoms with Gasteiger partial charge in [0.2, 0.25) is 11.8 Å². The third-order valence-electron chi connectivity index (χ3n) is 4.46. The second kappa shape index (κ2) is 6.70. The molecule has 7 nitrogen and oxygen atoms in total. The van der Waals surface area contributed by atoms with Gasteiger partial charge < -0.3 is 16.0 Å². The van der Waals surface area contributed by atoms with E-state index in [1.807, 2.05) is 19.1 Å². The number of rotatable bonds is 5. The van der Waals surface area contributed by atoms with E-state index in [9.17, 15) is 14.4 Å². The standard InChI is InChI=1S/C17H22N4O3/c1-10(18)7-19-8-11-3-2-4-12-13(11)9-21(17(12)24)14-5-6-15(22)20-16(14)23/h2-4,10,14,19H,5-9,18H2,1H3,(H,20,22,23). The summed E-state index contributed by atoms with van der Waals surface area (Å²) in [4.78, 5) is 37.6. The van der Waals surface area contributed by atoms with Gasteiger partial charge in [-0.3, -0.25) is 19.7 Å². The number of nitrogens with zero attached hydrogens (tertiary/aromatic N) is 1. The number of imide groups is 1. The lowest BCUT2D eigenvalue weighted by molar-refractivity contribution is -0.136. The number of fused-ring (bicyclic) bond motifs is 1. The molecule has 0 spiro atoms. The molecule has 2 heterocycles.